The summed E-state index contributed by atoms with van der Waals surface area (Å²) in [5.74, 6) is -1.12. The normalized spacial score (nSPS) is 14.3. The van der Waals surface area contributed by atoms with Crippen molar-refractivity contribution in [2.24, 2.45) is 0 Å². The van der Waals surface area contributed by atoms with Crippen LogP contribution in [0.2, 0.25) is 0 Å². The standard InChI is InChI=1S/C11H14O4S/c1-9(11(12)13)16(14)8-15-7-10-5-3-2-4-6-10/h2-6,9H,7-8H2,1H3,(H,12,13). The predicted octanol–water partition coefficient (Wildman–Crippen LogP) is 1.38. The van der Waals surface area contributed by atoms with Crippen molar-refractivity contribution < 1.29 is 18.8 Å². The Morgan fingerprint density at radius 3 is 2.62 bits per heavy atom. The number of hydrogen-bond donors (Lipinski definition) is 1. The molecule has 0 aliphatic heterocycles. The average molecular weight is 242 g/mol. The molecule has 4 nitrogen and oxygen atoms in total. The van der Waals surface area contributed by atoms with Crippen molar-refractivity contribution in [3.8, 4) is 0 Å². The molecule has 16 heavy (non-hydrogen) atoms. The van der Waals surface area contributed by atoms with Crippen molar-refractivity contribution in [1.82, 2.24) is 0 Å². The molecule has 0 saturated heterocycles. The smallest absolute Gasteiger partial charge is 0.319 e. The van der Waals surface area contributed by atoms with E-state index in [0.717, 1.165) is 5.56 Å². The van der Waals surface area contributed by atoms with E-state index < -0.39 is 22.0 Å². The lowest BCUT2D eigenvalue weighted by molar-refractivity contribution is -0.136. The zero-order valence-electron chi connectivity index (χ0n) is 8.96. The summed E-state index contributed by atoms with van der Waals surface area (Å²) in [4.78, 5) is 10.5. The second kappa shape index (κ2) is 6.40. The molecule has 0 heterocycles. The molecule has 0 bridgehead atoms. The first-order valence-corrected chi connectivity index (χ1v) is 6.21. The Labute approximate surface area is 96.7 Å². The maximum Gasteiger partial charge on any atom is 0.319 e. The SMILES string of the molecule is CC(C(=O)O)S(=O)COCc1ccccc1. The van der Waals surface area contributed by atoms with Crippen LogP contribution < -0.4 is 0 Å². The molecule has 1 aromatic carbocycles. The van der Waals surface area contributed by atoms with Crippen LogP contribution in [0.5, 0.6) is 0 Å². The molecular weight excluding hydrogens is 228 g/mol. The van der Waals surface area contributed by atoms with E-state index in [-0.39, 0.29) is 5.94 Å². The van der Waals surface area contributed by atoms with Crippen molar-refractivity contribution in [2.45, 2.75) is 18.8 Å². The summed E-state index contributed by atoms with van der Waals surface area (Å²) in [6.45, 7) is 1.75. The number of benzene rings is 1. The lowest BCUT2D eigenvalue weighted by Gasteiger charge is -2.07. The van der Waals surface area contributed by atoms with Crippen LogP contribution in [-0.4, -0.2) is 26.5 Å². The molecule has 0 radical (unpaired) electrons. The molecule has 1 aromatic rings. The number of rotatable bonds is 6. The molecule has 88 valence electrons. The van der Waals surface area contributed by atoms with E-state index in [2.05, 4.69) is 0 Å². The third kappa shape index (κ3) is 4.12. The molecule has 0 spiro atoms. The molecule has 0 amide bonds. The first-order valence-electron chi connectivity index (χ1n) is 4.83. The summed E-state index contributed by atoms with van der Waals surface area (Å²) in [5, 5.41) is 7.73. The summed E-state index contributed by atoms with van der Waals surface area (Å²) < 4.78 is 16.6. The molecule has 0 aliphatic rings. The molecule has 1 rings (SSSR count). The van der Waals surface area contributed by atoms with Crippen LogP contribution in [0.15, 0.2) is 30.3 Å². The highest BCUT2D eigenvalue weighted by Crippen LogP contribution is 2.03. The molecule has 2 atom stereocenters. The van der Waals surface area contributed by atoms with E-state index in [1.165, 1.54) is 6.92 Å². The highest BCUT2D eigenvalue weighted by molar-refractivity contribution is 7.86. The van der Waals surface area contributed by atoms with Gasteiger partial charge in [0.1, 0.15) is 11.2 Å². The number of ether oxygens (including phenoxy) is 1. The van der Waals surface area contributed by atoms with Crippen LogP contribution in [0.3, 0.4) is 0 Å². The summed E-state index contributed by atoms with van der Waals surface area (Å²) in [5.41, 5.74) is 0.975. The first-order chi connectivity index (χ1) is 7.61. The van der Waals surface area contributed by atoms with E-state index in [9.17, 15) is 9.00 Å². The maximum atomic E-state index is 11.4. The molecule has 5 heteroatoms. The van der Waals surface area contributed by atoms with Gasteiger partial charge in [-0.15, -0.1) is 0 Å². The minimum absolute atomic E-state index is 0.0532. The van der Waals surface area contributed by atoms with E-state index in [4.69, 9.17) is 9.84 Å². The van der Waals surface area contributed by atoms with Gasteiger partial charge in [-0.25, -0.2) is 0 Å². The average Bonchev–Trinajstić information content (AvgIpc) is 2.29. The van der Waals surface area contributed by atoms with Gasteiger partial charge in [-0.3, -0.25) is 9.00 Å². The minimum atomic E-state index is -1.49. The van der Waals surface area contributed by atoms with Crippen molar-refractivity contribution in [3.05, 3.63) is 35.9 Å². The molecule has 1 N–H and O–H groups in total. The Hall–Kier alpha value is -1.20. The number of carboxylic acids is 1. The van der Waals surface area contributed by atoms with E-state index >= 15 is 0 Å². The largest absolute Gasteiger partial charge is 0.480 e. The molecule has 0 aromatic heterocycles. The molecule has 0 fully saturated rings. The first kappa shape index (κ1) is 12.9. The van der Waals surface area contributed by atoms with Crippen molar-refractivity contribution >= 4 is 16.8 Å². The van der Waals surface area contributed by atoms with Crippen LogP contribution in [-0.2, 0) is 26.9 Å². The van der Waals surface area contributed by atoms with Crippen LogP contribution in [0.4, 0.5) is 0 Å². The third-order valence-electron chi connectivity index (χ3n) is 2.05. The van der Waals surface area contributed by atoms with Gasteiger partial charge in [-0.2, -0.15) is 0 Å². The molecule has 2 unspecified atom stereocenters. The van der Waals surface area contributed by atoms with Gasteiger partial charge in [-0.05, 0) is 12.5 Å². The Morgan fingerprint density at radius 1 is 1.44 bits per heavy atom. The van der Waals surface area contributed by atoms with Gasteiger partial charge in [0.05, 0.1) is 17.4 Å². The Bertz CT molecular complexity index is 364. The monoisotopic (exact) mass is 242 g/mol. The summed E-state index contributed by atoms with van der Waals surface area (Å²) >= 11 is 0. The van der Waals surface area contributed by atoms with Gasteiger partial charge in [-0.1, -0.05) is 30.3 Å². The van der Waals surface area contributed by atoms with Crippen molar-refractivity contribution in [3.63, 3.8) is 0 Å². The zero-order valence-corrected chi connectivity index (χ0v) is 9.78. The van der Waals surface area contributed by atoms with E-state index in [1.807, 2.05) is 30.3 Å². The van der Waals surface area contributed by atoms with Gasteiger partial charge in [0.15, 0.2) is 0 Å². The van der Waals surface area contributed by atoms with E-state index in [0.29, 0.717) is 6.61 Å². The fourth-order valence-corrected chi connectivity index (χ4v) is 1.71. The lowest BCUT2D eigenvalue weighted by Crippen LogP contribution is -2.24. The molecule has 0 aliphatic carbocycles. The van der Waals surface area contributed by atoms with Gasteiger partial charge < -0.3 is 9.84 Å². The number of carboxylic acid groups (broad SMARTS) is 1. The van der Waals surface area contributed by atoms with Gasteiger partial charge in [0, 0.05) is 0 Å². The number of aliphatic carboxylic acids is 1. The molecular formula is C11H14O4S. The Kier molecular flexibility index (Phi) is 5.14. The fourth-order valence-electron chi connectivity index (χ4n) is 1.03. The van der Waals surface area contributed by atoms with Gasteiger partial charge >= 0.3 is 5.97 Å². The fraction of sp³-hybridized carbons (Fsp3) is 0.364. The number of carbonyl (C=O) groups is 1. The Balaban J connectivity index is 2.31. The third-order valence-corrected chi connectivity index (χ3v) is 3.44. The van der Waals surface area contributed by atoms with Gasteiger partial charge in [0.25, 0.3) is 0 Å². The molecule has 0 saturated carbocycles. The van der Waals surface area contributed by atoms with Crippen LogP contribution in [0, 0.1) is 0 Å². The Morgan fingerprint density at radius 2 is 2.06 bits per heavy atom. The van der Waals surface area contributed by atoms with Crippen molar-refractivity contribution in [2.75, 3.05) is 5.94 Å². The zero-order chi connectivity index (χ0) is 12.0. The maximum absolute atomic E-state index is 11.4. The highest BCUT2D eigenvalue weighted by atomic mass is 32.2. The summed E-state index contributed by atoms with van der Waals surface area (Å²) in [6, 6.07) is 9.45. The quantitative estimate of drug-likeness (QED) is 0.818. The van der Waals surface area contributed by atoms with Crippen LogP contribution in [0.25, 0.3) is 0 Å². The highest BCUT2D eigenvalue weighted by Gasteiger charge is 2.18. The number of hydrogen-bond acceptors (Lipinski definition) is 3. The second-order valence-corrected chi connectivity index (χ2v) is 5.02. The van der Waals surface area contributed by atoms with Crippen molar-refractivity contribution in [1.29, 1.82) is 0 Å². The van der Waals surface area contributed by atoms with Crippen LogP contribution in [0.1, 0.15) is 12.5 Å². The van der Waals surface area contributed by atoms with Crippen LogP contribution >= 0.6 is 0 Å². The van der Waals surface area contributed by atoms with E-state index in [1.54, 1.807) is 0 Å². The summed E-state index contributed by atoms with van der Waals surface area (Å²) in [6.07, 6.45) is 0. The predicted molar refractivity (Wildman–Crippen MR) is 61.3 cm³/mol. The lowest BCUT2D eigenvalue weighted by atomic mass is 10.2. The summed E-state index contributed by atoms with van der Waals surface area (Å²) in [7, 11) is -1.49. The minimum Gasteiger partial charge on any atom is -0.480 e. The second-order valence-electron chi connectivity index (χ2n) is 3.31. The topological polar surface area (TPSA) is 63.6 Å². The van der Waals surface area contributed by atoms with Gasteiger partial charge in [0.2, 0.25) is 0 Å².